The van der Waals surface area contributed by atoms with E-state index in [1.54, 1.807) is 11.9 Å². The summed E-state index contributed by atoms with van der Waals surface area (Å²) >= 11 is 4.84. The Morgan fingerprint density at radius 2 is 2.36 bits per heavy atom. The number of amides is 1. The second-order valence-corrected chi connectivity index (χ2v) is 4.06. The Morgan fingerprint density at radius 1 is 1.71 bits per heavy atom. The smallest absolute Gasteiger partial charge is 0.228 e. The number of carbonyl (C=O) groups is 1. The molecule has 1 fully saturated rings. The lowest BCUT2D eigenvalue weighted by atomic mass is 10.1. The third kappa shape index (κ3) is 2.42. The number of nitrogens with two attached hydrogens (primary N) is 1. The van der Waals surface area contributed by atoms with Crippen LogP contribution in [0.2, 0.25) is 0 Å². The lowest BCUT2D eigenvalue weighted by Crippen LogP contribution is -2.45. The molecular formula is C9H16N2O2S. The van der Waals surface area contributed by atoms with Gasteiger partial charge in [-0.3, -0.25) is 4.79 Å². The Hall–Kier alpha value is -0.680. The van der Waals surface area contributed by atoms with Gasteiger partial charge in [-0.2, -0.15) is 0 Å². The molecule has 0 aliphatic carbocycles. The Labute approximate surface area is 89.4 Å². The molecule has 0 aromatic rings. The molecule has 14 heavy (non-hydrogen) atoms. The minimum absolute atomic E-state index is 0.0169. The quantitative estimate of drug-likeness (QED) is 0.683. The van der Waals surface area contributed by atoms with Gasteiger partial charge in [-0.05, 0) is 13.3 Å². The van der Waals surface area contributed by atoms with Crippen LogP contribution in [0.4, 0.5) is 0 Å². The van der Waals surface area contributed by atoms with Gasteiger partial charge in [0.25, 0.3) is 0 Å². The molecule has 1 aliphatic rings. The summed E-state index contributed by atoms with van der Waals surface area (Å²) in [7, 11) is 1.73. The number of carbonyl (C=O) groups excluding carboxylic acids is 1. The minimum Gasteiger partial charge on any atom is -0.392 e. The van der Waals surface area contributed by atoms with Crippen LogP contribution in [0.1, 0.15) is 13.3 Å². The maximum absolute atomic E-state index is 11.8. The van der Waals surface area contributed by atoms with Crippen LogP contribution in [-0.2, 0) is 9.53 Å². The molecule has 2 N–H and O–H groups in total. The molecule has 2 atom stereocenters. The minimum atomic E-state index is -0.182. The number of ether oxygens (including phenoxy) is 1. The van der Waals surface area contributed by atoms with Crippen molar-refractivity contribution in [2.75, 3.05) is 20.3 Å². The largest absolute Gasteiger partial charge is 0.392 e. The molecule has 4 nitrogen and oxygen atoms in total. The fraction of sp³-hybridized carbons (Fsp3) is 0.778. The number of nitrogens with zero attached hydrogens (tertiary/aromatic N) is 1. The molecule has 1 rings (SSSR count). The van der Waals surface area contributed by atoms with Crippen LogP contribution < -0.4 is 5.73 Å². The summed E-state index contributed by atoms with van der Waals surface area (Å²) in [5, 5.41) is 0. The highest BCUT2D eigenvalue weighted by atomic mass is 32.1. The van der Waals surface area contributed by atoms with E-state index in [1.807, 2.05) is 6.92 Å². The zero-order valence-electron chi connectivity index (χ0n) is 8.53. The number of rotatable bonds is 3. The predicted octanol–water partition coefficient (Wildman–Crippen LogP) is 0.156. The van der Waals surface area contributed by atoms with Crippen LogP contribution in [0.15, 0.2) is 0 Å². The summed E-state index contributed by atoms with van der Waals surface area (Å²) in [6.07, 6.45) is 0.799. The predicted molar refractivity (Wildman–Crippen MR) is 57.9 cm³/mol. The van der Waals surface area contributed by atoms with Crippen molar-refractivity contribution in [2.24, 2.45) is 11.7 Å². The third-order valence-corrected chi connectivity index (χ3v) is 2.96. The summed E-state index contributed by atoms with van der Waals surface area (Å²) in [6.45, 7) is 3.02. The Kier molecular flexibility index (Phi) is 3.83. The van der Waals surface area contributed by atoms with Crippen LogP contribution >= 0.6 is 12.2 Å². The Bertz CT molecular complexity index is 239. The second-order valence-electron chi connectivity index (χ2n) is 3.59. The summed E-state index contributed by atoms with van der Waals surface area (Å²) in [4.78, 5) is 13.8. The van der Waals surface area contributed by atoms with E-state index in [2.05, 4.69) is 0 Å². The molecule has 0 saturated carbocycles. The van der Waals surface area contributed by atoms with Crippen molar-refractivity contribution in [3.05, 3.63) is 0 Å². The van der Waals surface area contributed by atoms with Crippen molar-refractivity contribution in [3.63, 3.8) is 0 Å². The van der Waals surface area contributed by atoms with E-state index in [1.165, 1.54) is 0 Å². The summed E-state index contributed by atoms with van der Waals surface area (Å²) in [5.74, 6) is 0.0552. The van der Waals surface area contributed by atoms with Crippen molar-refractivity contribution >= 4 is 23.1 Å². The standard InChI is InChI=1S/C9H16N2O2S/c1-6(8(10)14)11(2)9(12)7-3-4-13-5-7/h6-7H,3-5H2,1-2H3,(H2,10,14). The van der Waals surface area contributed by atoms with Crippen LogP contribution in [0.3, 0.4) is 0 Å². The van der Waals surface area contributed by atoms with Gasteiger partial charge in [0, 0.05) is 13.7 Å². The molecule has 2 unspecified atom stereocenters. The first kappa shape index (κ1) is 11.4. The van der Waals surface area contributed by atoms with Crippen molar-refractivity contribution in [2.45, 2.75) is 19.4 Å². The van der Waals surface area contributed by atoms with Crippen molar-refractivity contribution in [3.8, 4) is 0 Å². The molecule has 5 heteroatoms. The monoisotopic (exact) mass is 216 g/mol. The molecule has 0 radical (unpaired) electrons. The van der Waals surface area contributed by atoms with Crippen LogP contribution in [0.5, 0.6) is 0 Å². The van der Waals surface area contributed by atoms with E-state index in [0.29, 0.717) is 18.2 Å². The third-order valence-electron chi connectivity index (χ3n) is 2.62. The maximum atomic E-state index is 11.8. The normalized spacial score (nSPS) is 23.1. The lowest BCUT2D eigenvalue weighted by Gasteiger charge is -2.26. The molecule has 0 aromatic carbocycles. The average molecular weight is 216 g/mol. The molecule has 0 aromatic heterocycles. The van der Waals surface area contributed by atoms with Gasteiger partial charge in [0.1, 0.15) is 0 Å². The molecule has 0 bridgehead atoms. The summed E-state index contributed by atoms with van der Waals surface area (Å²) in [5.41, 5.74) is 5.48. The zero-order chi connectivity index (χ0) is 10.7. The van der Waals surface area contributed by atoms with Crippen LogP contribution in [0.25, 0.3) is 0 Å². The van der Waals surface area contributed by atoms with Crippen molar-refractivity contribution in [1.29, 1.82) is 0 Å². The van der Waals surface area contributed by atoms with Crippen molar-refractivity contribution in [1.82, 2.24) is 4.90 Å². The lowest BCUT2D eigenvalue weighted by molar-refractivity contribution is -0.134. The first-order valence-corrected chi connectivity index (χ1v) is 5.08. The van der Waals surface area contributed by atoms with Crippen LogP contribution in [-0.4, -0.2) is 42.1 Å². The Morgan fingerprint density at radius 3 is 2.79 bits per heavy atom. The molecule has 1 saturated heterocycles. The highest BCUT2D eigenvalue weighted by Gasteiger charge is 2.28. The van der Waals surface area contributed by atoms with E-state index in [-0.39, 0.29) is 17.9 Å². The van der Waals surface area contributed by atoms with Gasteiger partial charge in [-0.15, -0.1) is 0 Å². The number of thiocarbonyl (C=S) groups is 1. The number of hydrogen-bond acceptors (Lipinski definition) is 3. The van der Waals surface area contributed by atoms with Gasteiger partial charge in [-0.25, -0.2) is 0 Å². The van der Waals surface area contributed by atoms with Gasteiger partial charge in [0.2, 0.25) is 5.91 Å². The SMILES string of the molecule is CC(C(N)=S)N(C)C(=O)C1CCOC1. The molecule has 0 spiro atoms. The maximum Gasteiger partial charge on any atom is 0.228 e. The second kappa shape index (κ2) is 4.70. The first-order valence-electron chi connectivity index (χ1n) is 4.67. The van der Waals surface area contributed by atoms with Gasteiger partial charge in [0.15, 0.2) is 0 Å². The number of likely N-dealkylation sites (N-methyl/N-ethyl adjacent to an activating group) is 1. The zero-order valence-corrected chi connectivity index (χ0v) is 9.34. The van der Waals surface area contributed by atoms with Gasteiger partial charge >= 0.3 is 0 Å². The summed E-state index contributed by atoms with van der Waals surface area (Å²) in [6, 6.07) is -0.182. The van der Waals surface area contributed by atoms with E-state index in [9.17, 15) is 4.79 Å². The molecule has 1 amide bonds. The fourth-order valence-electron chi connectivity index (χ4n) is 1.40. The Balaban J connectivity index is 2.54. The van der Waals surface area contributed by atoms with Crippen molar-refractivity contribution < 1.29 is 9.53 Å². The molecule has 1 heterocycles. The van der Waals surface area contributed by atoms with Gasteiger partial charge in [0.05, 0.1) is 23.6 Å². The fourth-order valence-corrected chi connectivity index (χ4v) is 1.56. The highest BCUT2D eigenvalue weighted by Crippen LogP contribution is 2.16. The van der Waals surface area contributed by atoms with E-state index in [0.717, 1.165) is 6.42 Å². The molecular weight excluding hydrogens is 200 g/mol. The average Bonchev–Trinajstić information content (AvgIpc) is 2.67. The molecule has 80 valence electrons. The topological polar surface area (TPSA) is 55.6 Å². The first-order chi connectivity index (χ1) is 6.54. The van der Waals surface area contributed by atoms with E-state index >= 15 is 0 Å². The van der Waals surface area contributed by atoms with E-state index < -0.39 is 0 Å². The van der Waals surface area contributed by atoms with Gasteiger partial charge < -0.3 is 15.4 Å². The molecule has 1 aliphatic heterocycles. The highest BCUT2D eigenvalue weighted by molar-refractivity contribution is 7.80. The van der Waals surface area contributed by atoms with Gasteiger partial charge in [-0.1, -0.05) is 12.2 Å². The number of hydrogen-bond donors (Lipinski definition) is 1. The van der Waals surface area contributed by atoms with Crippen LogP contribution in [0, 0.1) is 5.92 Å². The summed E-state index contributed by atoms with van der Waals surface area (Å²) < 4.78 is 5.16. The van der Waals surface area contributed by atoms with E-state index in [4.69, 9.17) is 22.7 Å².